The zero-order chi connectivity index (χ0) is 9.15. The smallest absolute Gasteiger partial charge is 0.0689 e. The second-order valence-electron chi connectivity index (χ2n) is 0.447. The van der Waals surface area contributed by atoms with Crippen molar-refractivity contribution >= 4 is 0 Å². The van der Waals surface area contributed by atoms with Crippen LogP contribution in [-0.4, -0.2) is 22.4 Å². The van der Waals surface area contributed by atoms with Gasteiger partial charge in [0.25, 0.3) is 0 Å². The van der Waals surface area contributed by atoms with Crippen molar-refractivity contribution in [3.63, 3.8) is 0 Å². The number of rotatable bonds is 0. The SMILES string of the molecule is CO.O=[N+]([O-])[O-].O=[N+]([O-])[O-].[Ce]. The number of hydrogen-bond donors (Lipinski definition) is 1. The maximum absolute atomic E-state index is 8.25. The maximum Gasteiger partial charge on any atom is 0.0689 e. The van der Waals surface area contributed by atoms with Crippen LogP contribution in [0.1, 0.15) is 0 Å². The summed E-state index contributed by atoms with van der Waals surface area (Å²) < 4.78 is 0. The molecule has 11 heavy (non-hydrogen) atoms. The quantitative estimate of drug-likeness (QED) is 0.450. The molecule has 0 aliphatic carbocycles. The van der Waals surface area contributed by atoms with E-state index < -0.39 is 10.2 Å². The zero-order valence-corrected chi connectivity index (χ0v) is 8.43. The molecule has 0 spiro atoms. The first-order valence-corrected chi connectivity index (χ1v) is 1.54. The van der Waals surface area contributed by atoms with Crippen LogP contribution in [0.15, 0.2) is 0 Å². The molecule has 0 amide bonds. The molecule has 9 nitrogen and oxygen atoms in total. The van der Waals surface area contributed by atoms with Crippen LogP contribution < -0.4 is 0 Å². The third-order valence-corrected chi connectivity index (χ3v) is 0. The molecule has 0 radical (unpaired) electrons. The van der Waals surface area contributed by atoms with E-state index in [2.05, 4.69) is 0 Å². The van der Waals surface area contributed by atoms with Crippen LogP contribution in [0.5, 0.6) is 0 Å². The molecule has 0 aromatic carbocycles. The van der Waals surface area contributed by atoms with Crippen LogP contribution in [0.3, 0.4) is 0 Å². The summed E-state index contributed by atoms with van der Waals surface area (Å²) >= 11 is 0. The van der Waals surface area contributed by atoms with E-state index in [1.54, 1.807) is 0 Å². The summed E-state index contributed by atoms with van der Waals surface area (Å²) in [6, 6.07) is 0. The van der Waals surface area contributed by atoms with Gasteiger partial charge in [0.2, 0.25) is 0 Å². The summed E-state index contributed by atoms with van der Waals surface area (Å²) in [5.74, 6) is 0. The Hall–Kier alpha value is -0.263. The fourth-order valence-corrected chi connectivity index (χ4v) is 0. The Morgan fingerprint density at radius 1 is 0.909 bits per heavy atom. The summed E-state index contributed by atoms with van der Waals surface area (Å²) in [7, 11) is 1.00. The second kappa shape index (κ2) is 22.6. The number of aliphatic hydroxyl groups excluding tert-OH is 1. The molecule has 0 aliphatic rings. The van der Waals surface area contributed by atoms with Crippen molar-refractivity contribution in [2.24, 2.45) is 0 Å². The summed E-state index contributed by atoms with van der Waals surface area (Å²) in [4.78, 5) is 16.5. The largest absolute Gasteiger partial charge is 0.400 e. The molecule has 0 bridgehead atoms. The van der Waals surface area contributed by atoms with E-state index >= 15 is 0 Å². The van der Waals surface area contributed by atoms with Crippen LogP contribution in [0.2, 0.25) is 0 Å². The normalized spacial score (nSPS) is 4.91. The van der Waals surface area contributed by atoms with Crippen molar-refractivity contribution in [1.29, 1.82) is 0 Å². The average Bonchev–Trinajstić information content (AvgIpc) is 1.66. The summed E-state index contributed by atoms with van der Waals surface area (Å²) in [6.07, 6.45) is 0. The standard InChI is InChI=1S/CH4O.Ce.2NO3/c1-2;;2*2-1(3)4/h2H,1H3;;;/q;;2*-1. The molecular weight excluding hydrogens is 292 g/mol. The Morgan fingerprint density at radius 2 is 0.909 bits per heavy atom. The third kappa shape index (κ3) is 8400. The predicted molar refractivity (Wildman–Crippen MR) is 28.9 cm³/mol. The van der Waals surface area contributed by atoms with Gasteiger partial charge in [-0.2, -0.15) is 0 Å². The molecule has 10 heteroatoms. The zero-order valence-electron chi connectivity index (χ0n) is 5.29. The first-order valence-electron chi connectivity index (χ1n) is 1.54. The van der Waals surface area contributed by atoms with Gasteiger partial charge in [0.05, 0.1) is 10.2 Å². The Kier molecular flexibility index (Phi) is 46.0. The van der Waals surface area contributed by atoms with Crippen molar-refractivity contribution in [3.05, 3.63) is 30.6 Å². The second-order valence-corrected chi connectivity index (χ2v) is 0.447. The predicted octanol–water partition coefficient (Wildman–Crippen LogP) is -0.870. The first kappa shape index (κ1) is 22.4. The van der Waals surface area contributed by atoms with Crippen LogP contribution in [0.25, 0.3) is 0 Å². The molecule has 1 N–H and O–H groups in total. The molecule has 0 unspecified atom stereocenters. The van der Waals surface area contributed by atoms with Crippen LogP contribution in [0, 0.1) is 72.4 Å². The van der Waals surface area contributed by atoms with Gasteiger partial charge in [-0.1, -0.05) is 0 Å². The Bertz CT molecular complexity index is 74.4. The molecule has 0 atom stereocenters. The van der Waals surface area contributed by atoms with E-state index in [9.17, 15) is 0 Å². The van der Waals surface area contributed by atoms with E-state index in [-0.39, 0.29) is 41.7 Å². The summed E-state index contributed by atoms with van der Waals surface area (Å²) in [5, 5.41) is 36.5. The van der Waals surface area contributed by atoms with Gasteiger partial charge in [-0.15, -0.1) is 0 Å². The molecule has 0 fully saturated rings. The maximum atomic E-state index is 8.25. The van der Waals surface area contributed by atoms with Crippen molar-refractivity contribution in [2.45, 2.75) is 0 Å². The number of aliphatic hydroxyl groups is 1. The van der Waals surface area contributed by atoms with Gasteiger partial charge in [-0.25, -0.2) is 0 Å². The molecule has 0 saturated heterocycles. The van der Waals surface area contributed by atoms with E-state index in [0.29, 0.717) is 0 Å². The van der Waals surface area contributed by atoms with Crippen LogP contribution in [0.4, 0.5) is 0 Å². The third-order valence-electron chi connectivity index (χ3n) is 0. The van der Waals surface area contributed by atoms with Crippen molar-refractivity contribution in [1.82, 2.24) is 0 Å². The van der Waals surface area contributed by atoms with E-state index in [1.165, 1.54) is 0 Å². The number of nitrogens with zero attached hydrogens (tertiary/aromatic N) is 2. The monoisotopic (exact) mass is 296 g/mol. The van der Waals surface area contributed by atoms with Crippen molar-refractivity contribution in [3.8, 4) is 0 Å². The molecule has 0 saturated carbocycles. The van der Waals surface area contributed by atoms with E-state index in [4.69, 9.17) is 35.7 Å². The molecule has 0 aliphatic heterocycles. The molecule has 66 valence electrons. The molecule has 0 rings (SSSR count). The minimum Gasteiger partial charge on any atom is -0.400 e. The van der Waals surface area contributed by atoms with Crippen LogP contribution in [-0.2, 0) is 0 Å². The van der Waals surface area contributed by atoms with E-state index in [1.807, 2.05) is 0 Å². The van der Waals surface area contributed by atoms with Crippen molar-refractivity contribution in [2.75, 3.05) is 7.11 Å². The topological polar surface area (TPSA) is 153 Å². The molecule has 0 heterocycles. The fraction of sp³-hybridized carbons (Fsp3) is 1.00. The van der Waals surface area contributed by atoms with Gasteiger partial charge in [0.15, 0.2) is 0 Å². The Balaban J connectivity index is -0.0000000339. The van der Waals surface area contributed by atoms with E-state index in [0.717, 1.165) is 7.11 Å². The van der Waals surface area contributed by atoms with Gasteiger partial charge in [0, 0.05) is 48.9 Å². The van der Waals surface area contributed by atoms with Crippen molar-refractivity contribution < 1.29 is 57.0 Å². The van der Waals surface area contributed by atoms with Gasteiger partial charge in [-0.05, 0) is 0 Å². The molecule has 0 aromatic rings. The first-order chi connectivity index (χ1) is 4.46. The summed E-state index contributed by atoms with van der Waals surface area (Å²) in [5.41, 5.74) is 0. The number of hydrogen-bond acceptors (Lipinski definition) is 7. The molecule has 0 aromatic heterocycles. The summed E-state index contributed by atoms with van der Waals surface area (Å²) in [6.45, 7) is 0. The fourth-order valence-electron chi connectivity index (χ4n) is 0. The van der Waals surface area contributed by atoms with Crippen LogP contribution >= 0.6 is 0 Å². The van der Waals surface area contributed by atoms with Gasteiger partial charge in [-0.3, -0.25) is 0 Å². The van der Waals surface area contributed by atoms with Gasteiger partial charge < -0.3 is 35.7 Å². The average molecular weight is 296 g/mol. The Labute approximate surface area is 94.2 Å². The molecular formula is CH4CeN2O7-2. The minimum absolute atomic E-state index is 0. The Morgan fingerprint density at radius 3 is 0.909 bits per heavy atom. The minimum atomic E-state index is -1.75. The van der Waals surface area contributed by atoms with Gasteiger partial charge >= 0.3 is 0 Å². The van der Waals surface area contributed by atoms with Gasteiger partial charge in [0.1, 0.15) is 0 Å².